The maximum Gasteiger partial charge on any atom is 0.259 e. The zero-order chi connectivity index (χ0) is 18.6. The first-order chi connectivity index (χ1) is 13.2. The molecule has 1 aliphatic rings. The van der Waals surface area contributed by atoms with Crippen molar-refractivity contribution in [2.24, 2.45) is 0 Å². The molecule has 1 N–H and O–H groups in total. The number of ether oxygens (including phenoxy) is 2. The third-order valence-electron chi connectivity index (χ3n) is 4.07. The molecular formula is C19H19N3O3S2. The average molecular weight is 402 g/mol. The lowest BCUT2D eigenvalue weighted by Gasteiger charge is -2.11. The van der Waals surface area contributed by atoms with Gasteiger partial charge in [-0.25, -0.2) is 9.97 Å². The lowest BCUT2D eigenvalue weighted by Crippen LogP contribution is -2.16. The van der Waals surface area contributed by atoms with Crippen molar-refractivity contribution in [3.8, 4) is 11.6 Å². The first-order valence-corrected chi connectivity index (χ1v) is 10.7. The van der Waals surface area contributed by atoms with Crippen LogP contribution in [0.5, 0.6) is 11.6 Å². The Morgan fingerprint density at radius 2 is 2.26 bits per heavy atom. The highest BCUT2D eigenvalue weighted by atomic mass is 32.2. The molecule has 8 heteroatoms. The number of fused-ring (bicyclic) bond motifs is 1. The highest BCUT2D eigenvalue weighted by Gasteiger charge is 2.18. The predicted octanol–water partition coefficient (Wildman–Crippen LogP) is 4.23. The van der Waals surface area contributed by atoms with Gasteiger partial charge in [-0.05, 0) is 43.4 Å². The predicted molar refractivity (Wildman–Crippen MR) is 109 cm³/mol. The van der Waals surface area contributed by atoms with E-state index >= 15 is 0 Å². The number of nitrogens with zero attached hydrogens (tertiary/aromatic N) is 2. The van der Waals surface area contributed by atoms with Crippen molar-refractivity contribution in [3.05, 3.63) is 42.1 Å². The van der Waals surface area contributed by atoms with Crippen LogP contribution in [-0.2, 0) is 0 Å². The molecule has 0 radical (unpaired) electrons. The van der Waals surface area contributed by atoms with Crippen LogP contribution < -0.4 is 14.8 Å². The van der Waals surface area contributed by atoms with Crippen LogP contribution in [0.2, 0.25) is 0 Å². The lowest BCUT2D eigenvalue weighted by atomic mass is 10.2. The zero-order valence-corrected chi connectivity index (χ0v) is 16.4. The maximum atomic E-state index is 12.5. The van der Waals surface area contributed by atoms with Crippen molar-refractivity contribution in [1.82, 2.24) is 9.97 Å². The van der Waals surface area contributed by atoms with Crippen molar-refractivity contribution >= 4 is 44.4 Å². The SMILES string of the molecule is CCOc1ccc2nc(NC(=O)c3ccc(OC4CCSC4)nc3)sc2c1. The van der Waals surface area contributed by atoms with Crippen molar-refractivity contribution < 1.29 is 14.3 Å². The Labute approximate surface area is 165 Å². The number of nitrogens with one attached hydrogen (secondary N) is 1. The standard InChI is InChI=1S/C19H19N3O3S2/c1-2-24-13-4-5-15-16(9-13)27-19(21-15)22-18(23)12-3-6-17(20-10-12)25-14-7-8-26-11-14/h3-6,9-10,14H,2,7-8,11H2,1H3,(H,21,22,23). The summed E-state index contributed by atoms with van der Waals surface area (Å²) in [6.07, 6.45) is 2.79. The van der Waals surface area contributed by atoms with E-state index in [1.165, 1.54) is 17.5 Å². The second kappa shape index (κ2) is 8.14. The van der Waals surface area contributed by atoms with E-state index in [-0.39, 0.29) is 12.0 Å². The minimum Gasteiger partial charge on any atom is -0.494 e. The molecule has 1 aliphatic heterocycles. The number of anilines is 1. The molecule has 6 nitrogen and oxygen atoms in total. The van der Waals surface area contributed by atoms with Crippen LogP contribution in [0.4, 0.5) is 5.13 Å². The van der Waals surface area contributed by atoms with E-state index in [4.69, 9.17) is 9.47 Å². The van der Waals surface area contributed by atoms with E-state index < -0.39 is 0 Å². The number of thiazole rings is 1. The third-order valence-corrected chi connectivity index (χ3v) is 6.13. The smallest absolute Gasteiger partial charge is 0.259 e. The van der Waals surface area contributed by atoms with Gasteiger partial charge in [0, 0.05) is 18.0 Å². The van der Waals surface area contributed by atoms with Crippen molar-refractivity contribution in [3.63, 3.8) is 0 Å². The molecule has 1 aromatic carbocycles. The quantitative estimate of drug-likeness (QED) is 0.666. The van der Waals surface area contributed by atoms with E-state index in [2.05, 4.69) is 15.3 Å². The minimum atomic E-state index is -0.241. The molecule has 1 fully saturated rings. The molecule has 3 aromatic rings. The molecule has 2 aromatic heterocycles. The Kier molecular flexibility index (Phi) is 5.45. The number of pyridine rings is 1. The first-order valence-electron chi connectivity index (χ1n) is 8.76. The monoisotopic (exact) mass is 401 g/mol. The number of carbonyl (C=O) groups excluding carboxylic acids is 1. The molecule has 0 spiro atoms. The molecular weight excluding hydrogens is 382 g/mol. The number of hydrogen-bond acceptors (Lipinski definition) is 7. The Hall–Kier alpha value is -2.32. The van der Waals surface area contributed by atoms with Gasteiger partial charge in [0.2, 0.25) is 5.88 Å². The number of rotatable bonds is 6. The molecule has 1 amide bonds. The third kappa shape index (κ3) is 4.33. The summed E-state index contributed by atoms with van der Waals surface area (Å²) in [6.45, 7) is 2.56. The number of carbonyl (C=O) groups is 1. The van der Waals surface area contributed by atoms with E-state index in [1.54, 1.807) is 12.1 Å². The van der Waals surface area contributed by atoms with Crippen molar-refractivity contribution in [2.75, 3.05) is 23.4 Å². The Morgan fingerprint density at radius 3 is 3.00 bits per heavy atom. The summed E-state index contributed by atoms with van der Waals surface area (Å²) in [6, 6.07) is 9.16. The summed E-state index contributed by atoms with van der Waals surface area (Å²) in [5.74, 6) is 3.23. The molecule has 0 saturated carbocycles. The van der Waals surface area contributed by atoms with Gasteiger partial charge in [0.05, 0.1) is 22.4 Å². The highest BCUT2D eigenvalue weighted by Crippen LogP contribution is 2.29. The summed E-state index contributed by atoms with van der Waals surface area (Å²) in [5, 5.41) is 3.38. The Bertz CT molecular complexity index is 937. The fourth-order valence-electron chi connectivity index (χ4n) is 2.75. The first kappa shape index (κ1) is 18.1. The van der Waals surface area contributed by atoms with E-state index in [9.17, 15) is 4.79 Å². The summed E-state index contributed by atoms with van der Waals surface area (Å²) in [4.78, 5) is 21.2. The van der Waals surface area contributed by atoms with E-state index in [0.29, 0.717) is 23.2 Å². The van der Waals surface area contributed by atoms with Crippen LogP contribution in [0.1, 0.15) is 23.7 Å². The van der Waals surface area contributed by atoms with Gasteiger partial charge < -0.3 is 9.47 Å². The van der Waals surface area contributed by atoms with E-state index in [1.807, 2.05) is 36.9 Å². The van der Waals surface area contributed by atoms with Gasteiger partial charge >= 0.3 is 0 Å². The van der Waals surface area contributed by atoms with Crippen LogP contribution in [0.3, 0.4) is 0 Å². The topological polar surface area (TPSA) is 73.3 Å². The molecule has 0 bridgehead atoms. The maximum absolute atomic E-state index is 12.5. The molecule has 1 unspecified atom stereocenters. The Balaban J connectivity index is 1.42. The van der Waals surface area contributed by atoms with Gasteiger partial charge in [-0.3, -0.25) is 10.1 Å². The van der Waals surface area contributed by atoms with Gasteiger partial charge in [-0.2, -0.15) is 11.8 Å². The number of aromatic nitrogens is 2. The molecule has 3 heterocycles. The lowest BCUT2D eigenvalue weighted by molar-refractivity contribution is 0.102. The van der Waals surface area contributed by atoms with Gasteiger partial charge in [0.1, 0.15) is 11.9 Å². The van der Waals surface area contributed by atoms with Crippen LogP contribution in [0.15, 0.2) is 36.5 Å². The van der Waals surface area contributed by atoms with Crippen molar-refractivity contribution in [1.29, 1.82) is 0 Å². The zero-order valence-electron chi connectivity index (χ0n) is 14.8. The summed E-state index contributed by atoms with van der Waals surface area (Å²) >= 11 is 3.30. The second-order valence-electron chi connectivity index (χ2n) is 6.02. The number of hydrogen-bond donors (Lipinski definition) is 1. The normalized spacial score (nSPS) is 16.4. The van der Waals surface area contributed by atoms with E-state index in [0.717, 1.165) is 33.9 Å². The average Bonchev–Trinajstić information content (AvgIpc) is 3.31. The molecule has 27 heavy (non-hydrogen) atoms. The van der Waals surface area contributed by atoms with Gasteiger partial charge in [-0.15, -0.1) is 0 Å². The van der Waals surface area contributed by atoms with Gasteiger partial charge in [0.15, 0.2) is 5.13 Å². The molecule has 4 rings (SSSR count). The molecule has 1 saturated heterocycles. The number of benzene rings is 1. The van der Waals surface area contributed by atoms with Crippen LogP contribution >= 0.6 is 23.1 Å². The molecule has 140 valence electrons. The number of thioether (sulfide) groups is 1. The highest BCUT2D eigenvalue weighted by molar-refractivity contribution is 7.99. The summed E-state index contributed by atoms with van der Waals surface area (Å²) in [5.41, 5.74) is 1.30. The van der Waals surface area contributed by atoms with Gasteiger partial charge in [-0.1, -0.05) is 11.3 Å². The largest absolute Gasteiger partial charge is 0.494 e. The van der Waals surface area contributed by atoms with Crippen LogP contribution in [0.25, 0.3) is 10.2 Å². The molecule has 1 atom stereocenters. The Morgan fingerprint density at radius 1 is 1.33 bits per heavy atom. The van der Waals surface area contributed by atoms with Crippen LogP contribution in [-0.4, -0.2) is 40.1 Å². The van der Waals surface area contributed by atoms with Crippen LogP contribution in [0, 0.1) is 0 Å². The van der Waals surface area contributed by atoms with Gasteiger partial charge in [0.25, 0.3) is 5.91 Å². The number of amides is 1. The summed E-state index contributed by atoms with van der Waals surface area (Å²) in [7, 11) is 0. The summed E-state index contributed by atoms with van der Waals surface area (Å²) < 4.78 is 12.3. The fraction of sp³-hybridized carbons (Fsp3) is 0.316. The second-order valence-corrected chi connectivity index (χ2v) is 8.20. The van der Waals surface area contributed by atoms with Crippen molar-refractivity contribution in [2.45, 2.75) is 19.4 Å². The molecule has 0 aliphatic carbocycles. The minimum absolute atomic E-state index is 0.214. The fourth-order valence-corrected chi connectivity index (χ4v) is 4.73.